The van der Waals surface area contributed by atoms with Crippen molar-refractivity contribution in [2.24, 2.45) is 0 Å². The zero-order chi connectivity index (χ0) is 37.8. The van der Waals surface area contributed by atoms with E-state index in [9.17, 15) is 0 Å². The maximum Gasteiger partial charge on any atom is 0.198 e. The molecule has 0 saturated heterocycles. The quantitative estimate of drug-likeness (QED) is 0.180. The summed E-state index contributed by atoms with van der Waals surface area (Å²) in [6, 6.07) is 46.2. The average Bonchev–Trinajstić information content (AvgIpc) is 3.84. The molecule has 56 heavy (non-hydrogen) atoms. The van der Waals surface area contributed by atoms with Gasteiger partial charge in [-0.05, 0) is 107 Å². The molecular weight excluding hydrogens is 677 g/mol. The molecule has 0 bridgehead atoms. The molecule has 0 amide bonds. The van der Waals surface area contributed by atoms with E-state index in [1.165, 1.54) is 134 Å². The Morgan fingerprint density at radius 3 is 1.95 bits per heavy atom. The topological polar surface area (TPSA) is 21.4 Å². The number of rotatable bonds is 3. The molecule has 3 nitrogen and oxygen atoms in total. The Hall–Kier alpha value is -6.00. The average molecular weight is 722 g/mol. The molecular formula is C52H44BN3. The minimum atomic E-state index is 0.103. The molecule has 2 aliphatic rings. The second-order valence-electron chi connectivity index (χ2n) is 18.2. The fourth-order valence-corrected chi connectivity index (χ4v) is 10.9. The first-order valence-electron chi connectivity index (χ1n) is 20.4. The predicted octanol–water partition coefficient (Wildman–Crippen LogP) is 12.0. The number of fused-ring (bicyclic) bond motifs is 12. The van der Waals surface area contributed by atoms with Crippen LogP contribution >= 0.6 is 0 Å². The number of hydrogen-bond donors (Lipinski definition) is 1. The third-order valence-corrected chi connectivity index (χ3v) is 13.9. The monoisotopic (exact) mass is 721 g/mol. The van der Waals surface area contributed by atoms with Crippen molar-refractivity contribution in [3.63, 3.8) is 0 Å². The third kappa shape index (κ3) is 4.14. The summed E-state index contributed by atoms with van der Waals surface area (Å²) >= 11 is 0. The SMILES string of the molecule is Cc1cc(-c2cc3c4ccccc4n4c5ccccc5c(c2Nc2cc5c(cc2C)C(C)(C)CCC5(C)C)c34)c2c(c1)-n1c3ccccc3c3cccc(c31)B2. The van der Waals surface area contributed by atoms with Crippen molar-refractivity contribution in [3.05, 3.63) is 144 Å². The minimum Gasteiger partial charge on any atom is -0.354 e. The van der Waals surface area contributed by atoms with Gasteiger partial charge in [0.15, 0.2) is 7.28 Å². The summed E-state index contributed by atoms with van der Waals surface area (Å²) in [5.74, 6) is 0. The van der Waals surface area contributed by atoms with Gasteiger partial charge in [-0.2, -0.15) is 0 Å². The van der Waals surface area contributed by atoms with Gasteiger partial charge in [0.1, 0.15) is 0 Å². The summed E-state index contributed by atoms with van der Waals surface area (Å²) in [6.07, 6.45) is 2.39. The first-order chi connectivity index (χ1) is 27.1. The maximum atomic E-state index is 4.25. The van der Waals surface area contributed by atoms with Crippen LogP contribution in [-0.2, 0) is 10.8 Å². The fourth-order valence-electron chi connectivity index (χ4n) is 10.9. The van der Waals surface area contributed by atoms with Crippen LogP contribution in [0, 0.1) is 13.8 Å². The van der Waals surface area contributed by atoms with Gasteiger partial charge in [0.25, 0.3) is 0 Å². The van der Waals surface area contributed by atoms with Crippen LogP contribution < -0.4 is 16.2 Å². The molecule has 10 aromatic rings. The number of para-hydroxylation sites is 4. The lowest BCUT2D eigenvalue weighted by atomic mass is 9.59. The highest BCUT2D eigenvalue weighted by molar-refractivity contribution is 6.73. The van der Waals surface area contributed by atoms with Crippen molar-refractivity contribution in [1.82, 2.24) is 8.97 Å². The normalized spacial score (nSPS) is 15.6. The number of aryl methyl sites for hydroxylation is 2. The number of hydrogen-bond acceptors (Lipinski definition) is 1. The van der Waals surface area contributed by atoms with E-state index in [0.29, 0.717) is 0 Å². The molecule has 0 saturated carbocycles. The van der Waals surface area contributed by atoms with Gasteiger partial charge in [-0.1, -0.05) is 118 Å². The standard InChI is InChI=1S/C52H44BN3/c1-29-24-35(47-45(25-29)56-42-19-10-7-14-31(42)33-17-13-18-40(53-47)49(33)56)36-27-37-32-15-8-11-20-43(32)55-44-21-12-9-16-34(44)46(50(37)55)48(36)54-41-28-39-38(26-30(41)2)51(3,4)22-23-52(39,5)6/h7-21,24-28,53-54H,22-23H2,1-6H3. The molecule has 3 aromatic heterocycles. The highest BCUT2D eigenvalue weighted by Gasteiger charge is 2.38. The van der Waals surface area contributed by atoms with Gasteiger partial charge < -0.3 is 14.3 Å². The third-order valence-electron chi connectivity index (χ3n) is 13.9. The molecule has 0 unspecified atom stereocenters. The largest absolute Gasteiger partial charge is 0.354 e. The molecule has 1 aliphatic heterocycles. The number of nitrogens with one attached hydrogen (secondary N) is 1. The molecule has 0 fully saturated rings. The highest BCUT2D eigenvalue weighted by Crippen LogP contribution is 2.51. The van der Waals surface area contributed by atoms with E-state index in [-0.39, 0.29) is 10.8 Å². The van der Waals surface area contributed by atoms with E-state index >= 15 is 0 Å². The number of benzene rings is 7. The maximum absolute atomic E-state index is 4.25. The van der Waals surface area contributed by atoms with Crippen molar-refractivity contribution >= 4 is 89.5 Å². The molecule has 12 rings (SSSR count). The Morgan fingerprint density at radius 2 is 1.20 bits per heavy atom. The van der Waals surface area contributed by atoms with Crippen LogP contribution in [0.5, 0.6) is 0 Å². The zero-order valence-electron chi connectivity index (χ0n) is 33.1. The first-order valence-corrected chi connectivity index (χ1v) is 20.4. The molecule has 1 aliphatic carbocycles. The molecule has 4 heterocycles. The second-order valence-corrected chi connectivity index (χ2v) is 18.2. The summed E-state index contributed by atoms with van der Waals surface area (Å²) in [4.78, 5) is 0. The van der Waals surface area contributed by atoms with Crippen molar-refractivity contribution in [1.29, 1.82) is 0 Å². The van der Waals surface area contributed by atoms with Gasteiger partial charge in [0.05, 0.1) is 27.8 Å². The molecule has 0 atom stereocenters. The van der Waals surface area contributed by atoms with Crippen LogP contribution in [0.3, 0.4) is 0 Å². The van der Waals surface area contributed by atoms with Gasteiger partial charge >= 0.3 is 0 Å². The number of aromatic nitrogens is 2. The van der Waals surface area contributed by atoms with E-state index in [4.69, 9.17) is 0 Å². The Morgan fingerprint density at radius 1 is 0.571 bits per heavy atom. The molecule has 0 radical (unpaired) electrons. The van der Waals surface area contributed by atoms with Gasteiger partial charge in [-0.25, -0.2) is 0 Å². The van der Waals surface area contributed by atoms with E-state index in [2.05, 4.69) is 177 Å². The minimum absolute atomic E-state index is 0.103. The lowest BCUT2D eigenvalue weighted by Crippen LogP contribution is -2.37. The molecule has 1 N–H and O–H groups in total. The molecule has 7 aromatic carbocycles. The van der Waals surface area contributed by atoms with Gasteiger partial charge in [-0.15, -0.1) is 0 Å². The number of nitrogens with zero attached hydrogens (tertiary/aromatic N) is 2. The lowest BCUT2D eigenvalue weighted by molar-refractivity contribution is 0.332. The van der Waals surface area contributed by atoms with Gasteiger partial charge in [0.2, 0.25) is 0 Å². The fraction of sp³-hybridized carbons (Fsp3) is 0.192. The molecule has 0 spiro atoms. The lowest BCUT2D eigenvalue weighted by Gasteiger charge is -2.42. The summed E-state index contributed by atoms with van der Waals surface area (Å²) in [7, 11) is 0.880. The number of anilines is 2. The van der Waals surface area contributed by atoms with E-state index in [0.717, 1.165) is 7.28 Å². The second kappa shape index (κ2) is 10.9. The van der Waals surface area contributed by atoms with Crippen LogP contribution in [0.2, 0.25) is 0 Å². The Bertz CT molecular complexity index is 3340. The van der Waals surface area contributed by atoms with Gasteiger partial charge in [0, 0.05) is 54.8 Å². The van der Waals surface area contributed by atoms with E-state index in [1.54, 1.807) is 0 Å². The first kappa shape index (κ1) is 32.3. The summed E-state index contributed by atoms with van der Waals surface area (Å²) in [5.41, 5.74) is 21.2. The summed E-state index contributed by atoms with van der Waals surface area (Å²) < 4.78 is 5.07. The predicted molar refractivity (Wildman–Crippen MR) is 242 cm³/mol. The van der Waals surface area contributed by atoms with Crippen molar-refractivity contribution in [3.8, 4) is 16.8 Å². The summed E-state index contributed by atoms with van der Waals surface area (Å²) in [6.45, 7) is 14.3. The van der Waals surface area contributed by atoms with Gasteiger partial charge in [-0.3, -0.25) is 0 Å². The summed E-state index contributed by atoms with van der Waals surface area (Å²) in [5, 5.41) is 12.1. The van der Waals surface area contributed by atoms with Crippen LogP contribution in [-0.4, -0.2) is 16.2 Å². The Labute approximate surface area is 328 Å². The van der Waals surface area contributed by atoms with Crippen LogP contribution in [0.25, 0.3) is 76.7 Å². The Balaban J connectivity index is 1.22. The smallest absolute Gasteiger partial charge is 0.198 e. The molecule has 270 valence electrons. The van der Waals surface area contributed by atoms with E-state index < -0.39 is 0 Å². The highest BCUT2D eigenvalue weighted by atomic mass is 15.0. The zero-order valence-corrected chi connectivity index (χ0v) is 33.1. The van der Waals surface area contributed by atoms with Crippen LogP contribution in [0.4, 0.5) is 11.4 Å². The molecule has 4 heteroatoms. The van der Waals surface area contributed by atoms with Crippen molar-refractivity contribution in [2.45, 2.75) is 65.2 Å². The van der Waals surface area contributed by atoms with Crippen molar-refractivity contribution in [2.75, 3.05) is 5.32 Å². The van der Waals surface area contributed by atoms with E-state index in [1.807, 2.05) is 0 Å². The Kier molecular flexibility index (Phi) is 6.25. The van der Waals surface area contributed by atoms with Crippen LogP contribution in [0.1, 0.15) is 62.8 Å². The van der Waals surface area contributed by atoms with Crippen molar-refractivity contribution < 1.29 is 0 Å². The van der Waals surface area contributed by atoms with Crippen LogP contribution in [0.15, 0.2) is 121 Å².